The first kappa shape index (κ1) is 37.7. The number of rotatable bonds is 5. The highest BCUT2D eigenvalue weighted by molar-refractivity contribution is 7.91. The first-order valence-electron chi connectivity index (χ1n) is 16.5. The maximum atomic E-state index is 17.1. The number of halogens is 3. The smallest absolute Gasteiger partial charge is 0.412 e. The highest BCUT2D eigenvalue weighted by atomic mass is 35.5. The zero-order valence-electron chi connectivity index (χ0n) is 29.6. The maximum Gasteiger partial charge on any atom is 0.412 e. The zero-order valence-corrected chi connectivity index (χ0v) is 31.9. The molecule has 1 N–H and O–H groups in total. The van der Waals surface area contributed by atoms with Crippen LogP contribution in [0.4, 0.5) is 29.2 Å². The third-order valence-electron chi connectivity index (χ3n) is 8.26. The third kappa shape index (κ3) is 7.29. The minimum atomic E-state index is -1.71. The number of piperazine rings is 1. The lowest BCUT2D eigenvalue weighted by molar-refractivity contribution is -0.0107. The van der Waals surface area contributed by atoms with Gasteiger partial charge in [-0.15, -0.1) is 11.3 Å². The van der Waals surface area contributed by atoms with Crippen molar-refractivity contribution in [1.29, 1.82) is 5.26 Å². The lowest BCUT2D eigenvalue weighted by Crippen LogP contribution is -2.66. The Hall–Kier alpha value is -4.01. The molecule has 3 unspecified atom stereocenters. The molecule has 2 amide bonds. The van der Waals surface area contributed by atoms with E-state index in [0.717, 1.165) is 17.4 Å². The second-order valence-corrected chi connectivity index (χ2v) is 17.5. The number of nitrogens with one attached hydrogen (secondary N) is 1. The van der Waals surface area contributed by atoms with E-state index in [4.69, 9.17) is 30.8 Å². The summed E-state index contributed by atoms with van der Waals surface area (Å²) >= 11 is 6.00. The molecule has 12 nitrogen and oxygen atoms in total. The molecule has 2 aromatic carbocycles. The average molecular weight is 775 g/mol. The van der Waals surface area contributed by atoms with Gasteiger partial charge in [-0.1, -0.05) is 17.7 Å². The molecule has 0 spiro atoms. The summed E-state index contributed by atoms with van der Waals surface area (Å²) in [5.74, 6) is -1.17. The molecule has 2 saturated heterocycles. The summed E-state index contributed by atoms with van der Waals surface area (Å²) in [6.45, 7) is 13.0. The second kappa shape index (κ2) is 14.1. The van der Waals surface area contributed by atoms with Gasteiger partial charge in [0.2, 0.25) is 0 Å². The van der Waals surface area contributed by atoms with Gasteiger partial charge in [-0.25, -0.2) is 18.4 Å². The van der Waals surface area contributed by atoms with Crippen LogP contribution in [0.25, 0.3) is 32.1 Å². The number of morpholine rings is 1. The highest BCUT2D eigenvalue weighted by Gasteiger charge is 2.43. The fourth-order valence-corrected chi connectivity index (χ4v) is 8.29. The van der Waals surface area contributed by atoms with Crippen LogP contribution in [0.5, 0.6) is 0 Å². The number of hydrogen-bond acceptors (Lipinski definition) is 11. The number of nitriles is 1. The molecule has 52 heavy (non-hydrogen) atoms. The van der Waals surface area contributed by atoms with Crippen LogP contribution in [0.2, 0.25) is 5.02 Å². The summed E-state index contributed by atoms with van der Waals surface area (Å²) in [5, 5.41) is 12.8. The van der Waals surface area contributed by atoms with Gasteiger partial charge < -0.3 is 28.6 Å². The Morgan fingerprint density at radius 3 is 2.38 bits per heavy atom. The number of fused-ring (bicyclic) bond motifs is 4. The van der Waals surface area contributed by atoms with Crippen molar-refractivity contribution in [1.82, 2.24) is 14.9 Å². The van der Waals surface area contributed by atoms with E-state index in [9.17, 15) is 19.4 Å². The molecule has 2 fully saturated rings. The first-order chi connectivity index (χ1) is 24.4. The van der Waals surface area contributed by atoms with E-state index >= 15 is 8.78 Å². The molecule has 0 aliphatic carbocycles. The summed E-state index contributed by atoms with van der Waals surface area (Å²) in [6.07, 6.45) is -1.32. The highest BCUT2D eigenvalue weighted by Crippen LogP contribution is 2.47. The van der Waals surface area contributed by atoms with Crippen molar-refractivity contribution in [3.8, 4) is 17.2 Å². The van der Waals surface area contributed by atoms with Crippen molar-refractivity contribution < 1.29 is 37.1 Å². The van der Waals surface area contributed by atoms with E-state index in [1.54, 1.807) is 53.4 Å². The summed E-state index contributed by atoms with van der Waals surface area (Å²) in [7, 11) is 0. The van der Waals surface area contributed by atoms with Crippen molar-refractivity contribution in [3.05, 3.63) is 40.4 Å². The van der Waals surface area contributed by atoms with Crippen LogP contribution in [-0.4, -0.2) is 86.9 Å². The van der Waals surface area contributed by atoms with Gasteiger partial charge in [-0.05, 0) is 66.2 Å². The van der Waals surface area contributed by atoms with Gasteiger partial charge in [0.05, 0.1) is 40.6 Å². The summed E-state index contributed by atoms with van der Waals surface area (Å²) in [5.41, 5.74) is -1.93. The SMILES string of the molecule is CC[S+]([O-])c1nc(N2C3COCC2CN(C(=O)OC(C)(C)C)C3)c2cc(Cl)c(-c3ccc(F)c4sc(NC(=O)OC(C)(C)C)c(C#N)c34)c(F)c2n1. The van der Waals surface area contributed by atoms with Gasteiger partial charge in [-0.2, -0.15) is 15.2 Å². The molecular weight excluding hydrogens is 738 g/mol. The Kier molecular flexibility index (Phi) is 10.2. The fraction of sp³-hybridized carbons (Fsp3) is 0.457. The number of aromatic nitrogens is 2. The molecule has 4 aromatic rings. The number of hydrogen-bond donors (Lipinski definition) is 1. The first-order valence-corrected chi connectivity index (χ1v) is 19.0. The van der Waals surface area contributed by atoms with Gasteiger partial charge in [-0.3, -0.25) is 5.32 Å². The fourth-order valence-electron chi connectivity index (χ4n) is 6.29. The monoisotopic (exact) mass is 774 g/mol. The van der Waals surface area contributed by atoms with E-state index < -0.39 is 58.3 Å². The minimum absolute atomic E-state index is 0.0116. The number of benzene rings is 2. The molecule has 276 valence electrons. The molecule has 0 radical (unpaired) electrons. The van der Waals surface area contributed by atoms with Crippen molar-refractivity contribution in [3.63, 3.8) is 0 Å². The van der Waals surface area contributed by atoms with Crippen LogP contribution in [0, 0.1) is 23.0 Å². The summed E-state index contributed by atoms with van der Waals surface area (Å²) in [4.78, 5) is 38.4. The van der Waals surface area contributed by atoms with Gasteiger partial charge in [0, 0.05) is 40.6 Å². The standard InChI is InChI=1S/C35H37ClF2N6O6S2/c1-8-52(47)31-40-27-20(29(41-31)44-17-13-43(14-18(44)16-48-15-17)33(46)50-35(5,6)7)11-22(36)25(26(27)38)19-9-10-23(37)28-24(19)21(12-39)30(51-28)42-32(45)49-34(2,3)4/h9-11,17-18H,8,13-16H2,1-7H3,(H,42,45). The van der Waals surface area contributed by atoms with Crippen LogP contribution in [0.1, 0.15) is 54.0 Å². The lowest BCUT2D eigenvalue weighted by atomic mass is 9.96. The van der Waals surface area contributed by atoms with Crippen molar-refractivity contribution in [2.75, 3.05) is 42.3 Å². The minimum Gasteiger partial charge on any atom is -0.609 e. The number of carbonyl (C=O) groups excluding carboxylic acids is 2. The molecule has 4 heterocycles. The second-order valence-electron chi connectivity index (χ2n) is 14.4. The van der Waals surface area contributed by atoms with Gasteiger partial charge >= 0.3 is 17.3 Å². The van der Waals surface area contributed by atoms with Crippen LogP contribution in [0.3, 0.4) is 0 Å². The summed E-state index contributed by atoms with van der Waals surface area (Å²) in [6, 6.07) is 5.11. The normalized spacial score (nSPS) is 18.3. The van der Waals surface area contributed by atoms with E-state index in [0.29, 0.717) is 0 Å². The van der Waals surface area contributed by atoms with E-state index in [1.807, 2.05) is 11.0 Å². The van der Waals surface area contributed by atoms with Crippen molar-refractivity contribution in [2.24, 2.45) is 0 Å². The number of nitrogens with zero attached hydrogens (tertiary/aromatic N) is 5. The molecular formula is C35H37ClF2N6O6S2. The zero-order chi connectivity index (χ0) is 37.9. The Bertz CT molecular complexity index is 2120. The molecule has 2 bridgehead atoms. The van der Waals surface area contributed by atoms with E-state index in [1.165, 1.54) is 12.1 Å². The summed E-state index contributed by atoms with van der Waals surface area (Å²) < 4.78 is 62.5. The quantitative estimate of drug-likeness (QED) is 0.158. The Balaban J connectivity index is 1.51. The van der Waals surface area contributed by atoms with Crippen LogP contribution >= 0.6 is 22.9 Å². The number of thiophene rings is 1. The van der Waals surface area contributed by atoms with Crippen LogP contribution in [-0.2, 0) is 25.4 Å². The van der Waals surface area contributed by atoms with Gasteiger partial charge in [0.25, 0.3) is 0 Å². The number of carbonyl (C=O) groups is 2. The third-order valence-corrected chi connectivity index (χ3v) is 10.8. The number of amides is 2. The molecule has 6 rings (SSSR count). The maximum absolute atomic E-state index is 17.1. The predicted octanol–water partition coefficient (Wildman–Crippen LogP) is 7.61. The van der Waals surface area contributed by atoms with Gasteiger partial charge in [0.15, 0.2) is 5.82 Å². The molecule has 17 heteroatoms. The Morgan fingerprint density at radius 1 is 1.13 bits per heavy atom. The molecule has 3 atom stereocenters. The Labute approximate surface area is 311 Å². The number of ether oxygens (including phenoxy) is 3. The van der Waals surface area contributed by atoms with Crippen LogP contribution in [0.15, 0.2) is 23.4 Å². The van der Waals surface area contributed by atoms with Gasteiger partial charge in [0.1, 0.15) is 45.2 Å². The average Bonchev–Trinajstić information content (AvgIpc) is 3.41. The predicted molar refractivity (Wildman–Crippen MR) is 195 cm³/mol. The molecule has 2 aliphatic rings. The Morgan fingerprint density at radius 2 is 1.79 bits per heavy atom. The molecule has 0 saturated carbocycles. The lowest BCUT2D eigenvalue weighted by Gasteiger charge is -2.50. The van der Waals surface area contributed by atoms with E-state index in [2.05, 4.69) is 10.3 Å². The topological polar surface area (TPSA) is 153 Å². The van der Waals surface area contributed by atoms with Crippen molar-refractivity contribution >= 4 is 78.1 Å². The molecule has 2 aromatic heterocycles. The van der Waals surface area contributed by atoms with Crippen molar-refractivity contribution in [2.45, 2.75) is 76.9 Å². The number of anilines is 2. The van der Waals surface area contributed by atoms with Crippen LogP contribution < -0.4 is 10.2 Å². The molecule has 2 aliphatic heterocycles. The van der Waals surface area contributed by atoms with E-state index in [-0.39, 0.29) is 90.7 Å². The largest absolute Gasteiger partial charge is 0.609 e.